The van der Waals surface area contributed by atoms with Crippen molar-refractivity contribution < 1.29 is 17.0 Å². The molecule has 0 N–H and O–H groups in total. The molecule has 5 nitrogen and oxygen atoms in total. The van der Waals surface area contributed by atoms with E-state index in [1.54, 1.807) is 18.6 Å². The van der Waals surface area contributed by atoms with E-state index in [2.05, 4.69) is 4.98 Å². The van der Waals surface area contributed by atoms with E-state index in [-0.39, 0.29) is 17.3 Å². The predicted molar refractivity (Wildman–Crippen MR) is 111 cm³/mol. The van der Waals surface area contributed by atoms with Crippen LogP contribution in [0.25, 0.3) is 11.3 Å². The molecule has 0 saturated heterocycles. The van der Waals surface area contributed by atoms with Crippen LogP contribution in [0.5, 0.6) is 0 Å². The lowest BCUT2D eigenvalue weighted by Gasteiger charge is -2.59. The lowest BCUT2D eigenvalue weighted by atomic mass is 9.48. The first-order valence-electron chi connectivity index (χ1n) is 11.0. The molecule has 2 atom stereocenters. The highest BCUT2D eigenvalue weighted by atomic mass is 32.2. The van der Waals surface area contributed by atoms with E-state index in [9.17, 15) is 12.8 Å². The van der Waals surface area contributed by atoms with Gasteiger partial charge in [0.15, 0.2) is 0 Å². The summed E-state index contributed by atoms with van der Waals surface area (Å²) in [6, 6.07) is 4.84. The molecular weight excluding hydrogens is 403 g/mol. The summed E-state index contributed by atoms with van der Waals surface area (Å²) < 4.78 is 47.4. The van der Waals surface area contributed by atoms with Gasteiger partial charge in [-0.3, -0.25) is 4.18 Å². The van der Waals surface area contributed by atoms with E-state index in [0.717, 1.165) is 36.8 Å². The molecule has 2 aromatic rings. The number of benzene rings is 1. The minimum Gasteiger partial charge on any atom is -0.323 e. The SMILES string of the molecule is CS(=O)(=O)OC(CC1c2c(F)cccc2-c2cncn21)C12CC3CC(CC(C3)C1)C2. The molecule has 0 spiro atoms. The van der Waals surface area contributed by atoms with Gasteiger partial charge in [0.25, 0.3) is 10.1 Å². The van der Waals surface area contributed by atoms with E-state index >= 15 is 0 Å². The number of aromatic nitrogens is 2. The molecule has 1 aliphatic heterocycles. The third-order valence-electron chi connectivity index (χ3n) is 8.16. The van der Waals surface area contributed by atoms with Crippen LogP contribution in [-0.4, -0.2) is 30.3 Å². The van der Waals surface area contributed by atoms with Gasteiger partial charge in [0.2, 0.25) is 0 Å². The van der Waals surface area contributed by atoms with Crippen molar-refractivity contribution in [1.82, 2.24) is 9.55 Å². The van der Waals surface area contributed by atoms with Gasteiger partial charge in [-0.15, -0.1) is 0 Å². The number of rotatable bonds is 5. The standard InChI is InChI=1S/C23H27FN2O3S/c1-30(27,28)29-21(23-9-14-5-15(10-23)7-16(6-14)11-23)8-19-22-17(3-2-4-18(22)24)20-12-25-13-26(19)20/h2-4,12-16,19,21H,5-11H2,1H3. The fraction of sp³-hybridized carbons (Fsp3) is 0.609. The molecule has 0 radical (unpaired) electrons. The predicted octanol–water partition coefficient (Wildman–Crippen LogP) is 4.54. The Balaban J connectivity index is 1.41. The number of hydrogen-bond acceptors (Lipinski definition) is 4. The smallest absolute Gasteiger partial charge is 0.264 e. The monoisotopic (exact) mass is 430 g/mol. The zero-order valence-electron chi connectivity index (χ0n) is 17.1. The maximum Gasteiger partial charge on any atom is 0.264 e. The van der Waals surface area contributed by atoms with E-state index in [0.29, 0.717) is 29.7 Å². The fourth-order valence-corrected chi connectivity index (χ4v) is 8.31. The summed E-state index contributed by atoms with van der Waals surface area (Å²) in [5.41, 5.74) is 2.26. The summed E-state index contributed by atoms with van der Waals surface area (Å²) >= 11 is 0. The maximum absolute atomic E-state index is 14.9. The van der Waals surface area contributed by atoms with Gasteiger partial charge < -0.3 is 4.57 Å². The quantitative estimate of drug-likeness (QED) is 0.653. The van der Waals surface area contributed by atoms with Crippen molar-refractivity contribution in [3.8, 4) is 11.3 Å². The average Bonchev–Trinajstić information content (AvgIpc) is 3.22. The van der Waals surface area contributed by atoms with Crippen molar-refractivity contribution in [2.75, 3.05) is 6.26 Å². The molecule has 4 fully saturated rings. The van der Waals surface area contributed by atoms with Crippen LogP contribution in [0.4, 0.5) is 4.39 Å². The first-order valence-corrected chi connectivity index (χ1v) is 12.8. The third-order valence-corrected chi connectivity index (χ3v) is 8.74. The Hall–Kier alpha value is -1.73. The zero-order valence-corrected chi connectivity index (χ0v) is 17.9. The molecule has 4 saturated carbocycles. The van der Waals surface area contributed by atoms with Crippen molar-refractivity contribution in [1.29, 1.82) is 0 Å². The summed E-state index contributed by atoms with van der Waals surface area (Å²) in [6.45, 7) is 0. The highest BCUT2D eigenvalue weighted by molar-refractivity contribution is 7.86. The number of hydrogen-bond donors (Lipinski definition) is 0. The van der Waals surface area contributed by atoms with Crippen LogP contribution in [0, 0.1) is 29.0 Å². The van der Waals surface area contributed by atoms with Crippen molar-refractivity contribution >= 4 is 10.1 Å². The van der Waals surface area contributed by atoms with Crippen LogP contribution in [0.1, 0.15) is 56.6 Å². The second-order valence-electron chi connectivity index (χ2n) is 10.2. The van der Waals surface area contributed by atoms with Crippen LogP contribution >= 0.6 is 0 Å². The van der Waals surface area contributed by atoms with Gasteiger partial charge in [0.1, 0.15) is 5.82 Å². The molecule has 30 heavy (non-hydrogen) atoms. The minimum absolute atomic E-state index is 0.118. The van der Waals surface area contributed by atoms with Crippen LogP contribution in [0.15, 0.2) is 30.7 Å². The van der Waals surface area contributed by atoms with Gasteiger partial charge in [-0.05, 0) is 67.8 Å². The van der Waals surface area contributed by atoms with Crippen molar-refractivity contribution in [2.24, 2.45) is 23.2 Å². The summed E-state index contributed by atoms with van der Waals surface area (Å²) in [5, 5.41) is 0. The largest absolute Gasteiger partial charge is 0.323 e. The van der Waals surface area contributed by atoms with E-state index in [4.69, 9.17) is 4.18 Å². The summed E-state index contributed by atoms with van der Waals surface area (Å²) in [4.78, 5) is 4.28. The van der Waals surface area contributed by atoms with Crippen LogP contribution in [0.2, 0.25) is 0 Å². The molecule has 2 heterocycles. The number of halogens is 1. The highest BCUT2D eigenvalue weighted by Crippen LogP contribution is 2.63. The Morgan fingerprint density at radius 1 is 1.20 bits per heavy atom. The molecule has 7 rings (SSSR count). The molecule has 7 heteroatoms. The molecule has 1 aromatic carbocycles. The van der Waals surface area contributed by atoms with Crippen molar-refractivity contribution in [3.63, 3.8) is 0 Å². The first kappa shape index (κ1) is 19.0. The Bertz CT molecular complexity index is 1070. The Morgan fingerprint density at radius 2 is 1.87 bits per heavy atom. The van der Waals surface area contributed by atoms with E-state index < -0.39 is 16.2 Å². The summed E-state index contributed by atoms with van der Waals surface area (Å²) in [6.07, 6.45) is 11.6. The molecule has 160 valence electrons. The van der Waals surface area contributed by atoms with Gasteiger partial charge in [-0.25, -0.2) is 9.37 Å². The zero-order chi connectivity index (χ0) is 20.7. The lowest BCUT2D eigenvalue weighted by molar-refractivity contribution is -0.113. The van der Waals surface area contributed by atoms with Gasteiger partial charge in [-0.2, -0.15) is 8.42 Å². The van der Waals surface area contributed by atoms with Crippen LogP contribution in [0.3, 0.4) is 0 Å². The second kappa shape index (κ2) is 6.39. The Morgan fingerprint density at radius 3 is 2.50 bits per heavy atom. The van der Waals surface area contributed by atoms with Gasteiger partial charge >= 0.3 is 0 Å². The summed E-state index contributed by atoms with van der Waals surface area (Å²) in [7, 11) is -3.63. The Labute approximate surface area is 176 Å². The third kappa shape index (κ3) is 2.88. The van der Waals surface area contributed by atoms with Crippen molar-refractivity contribution in [2.45, 2.75) is 57.1 Å². The van der Waals surface area contributed by atoms with Gasteiger partial charge in [0.05, 0.1) is 36.6 Å². The number of imidazole rings is 1. The molecular formula is C23H27FN2O3S. The molecule has 2 unspecified atom stereocenters. The average molecular weight is 431 g/mol. The van der Waals surface area contributed by atoms with Crippen molar-refractivity contribution in [3.05, 3.63) is 42.1 Å². The first-order chi connectivity index (χ1) is 14.3. The topological polar surface area (TPSA) is 61.2 Å². The summed E-state index contributed by atoms with van der Waals surface area (Å²) in [5.74, 6) is 1.79. The number of fused-ring (bicyclic) bond motifs is 3. The lowest BCUT2D eigenvalue weighted by Crippen LogP contribution is -2.53. The minimum atomic E-state index is -3.63. The highest BCUT2D eigenvalue weighted by Gasteiger charge is 2.56. The van der Waals surface area contributed by atoms with E-state index in [1.165, 1.54) is 25.3 Å². The molecule has 0 amide bonds. The normalized spacial score (nSPS) is 34.7. The van der Waals surface area contributed by atoms with E-state index in [1.807, 2.05) is 10.6 Å². The fourth-order valence-electron chi connectivity index (χ4n) is 7.61. The van der Waals surface area contributed by atoms with Gasteiger partial charge in [0, 0.05) is 17.5 Å². The number of nitrogens with zero attached hydrogens (tertiary/aromatic N) is 2. The van der Waals surface area contributed by atoms with Crippen LogP contribution < -0.4 is 0 Å². The van der Waals surface area contributed by atoms with Gasteiger partial charge in [-0.1, -0.05) is 12.1 Å². The second-order valence-corrected chi connectivity index (χ2v) is 11.8. The molecule has 4 bridgehead atoms. The molecule has 1 aromatic heterocycles. The molecule has 4 aliphatic carbocycles. The van der Waals surface area contributed by atoms with Crippen LogP contribution in [-0.2, 0) is 14.3 Å². The maximum atomic E-state index is 14.9. The molecule has 5 aliphatic rings. The Kier molecular flexibility index (Phi) is 4.05.